The van der Waals surface area contributed by atoms with Crippen LogP contribution in [-0.4, -0.2) is 36.4 Å². The highest BCUT2D eigenvalue weighted by atomic mass is 16.5. The fourth-order valence-electron chi connectivity index (χ4n) is 3.19. The van der Waals surface area contributed by atoms with Crippen molar-refractivity contribution in [2.75, 3.05) is 26.4 Å². The number of hydrogen-bond acceptors (Lipinski definition) is 5. The van der Waals surface area contributed by atoms with Crippen LogP contribution < -0.4 is 9.47 Å². The lowest BCUT2D eigenvalue weighted by Crippen LogP contribution is -2.02. The van der Waals surface area contributed by atoms with E-state index in [2.05, 4.69) is 23.8 Å². The molecular formula is C26H40N2O3. The Morgan fingerprint density at radius 1 is 0.581 bits per heavy atom. The molecule has 0 saturated carbocycles. The van der Waals surface area contributed by atoms with Crippen LogP contribution in [0.3, 0.4) is 0 Å². The van der Waals surface area contributed by atoms with Crippen LogP contribution in [0.4, 0.5) is 0 Å². The lowest BCUT2D eigenvalue weighted by molar-refractivity contribution is 0.122. The van der Waals surface area contributed by atoms with E-state index in [0.717, 1.165) is 50.4 Å². The molecule has 0 unspecified atom stereocenters. The van der Waals surface area contributed by atoms with Gasteiger partial charge in [-0.3, -0.25) is 0 Å². The van der Waals surface area contributed by atoms with Crippen LogP contribution in [0.15, 0.2) is 36.7 Å². The standard InChI is InChI=1S/C26H40N2O3/c1-3-5-7-9-17-29-18-11-12-20-31-25-21-27-26(28-22-25)23-13-15-24(16-14-23)30-19-10-8-6-4-2/h13-16,21-22H,3-12,17-20H2,1-2H3. The zero-order chi connectivity index (χ0) is 22.0. The Morgan fingerprint density at radius 2 is 1.10 bits per heavy atom. The summed E-state index contributed by atoms with van der Waals surface area (Å²) in [5.41, 5.74) is 0.973. The zero-order valence-electron chi connectivity index (χ0n) is 19.5. The Balaban J connectivity index is 1.60. The zero-order valence-corrected chi connectivity index (χ0v) is 19.5. The highest BCUT2D eigenvalue weighted by molar-refractivity contribution is 5.56. The summed E-state index contributed by atoms with van der Waals surface area (Å²) in [7, 11) is 0. The second-order valence-corrected chi connectivity index (χ2v) is 7.90. The molecule has 0 aliphatic rings. The predicted octanol–water partition coefficient (Wildman–Crippen LogP) is 6.86. The number of aromatic nitrogens is 2. The molecule has 0 atom stereocenters. The summed E-state index contributed by atoms with van der Waals surface area (Å²) in [6.07, 6.45) is 15.3. The van der Waals surface area contributed by atoms with Gasteiger partial charge in [0, 0.05) is 18.8 Å². The van der Waals surface area contributed by atoms with Crippen molar-refractivity contribution < 1.29 is 14.2 Å². The summed E-state index contributed by atoms with van der Waals surface area (Å²) < 4.78 is 17.2. The van der Waals surface area contributed by atoms with E-state index in [9.17, 15) is 0 Å². The van der Waals surface area contributed by atoms with Gasteiger partial charge in [0.25, 0.3) is 0 Å². The third-order valence-electron chi connectivity index (χ3n) is 5.10. The molecule has 0 bridgehead atoms. The summed E-state index contributed by atoms with van der Waals surface area (Å²) in [5, 5.41) is 0. The number of hydrogen-bond donors (Lipinski definition) is 0. The van der Waals surface area contributed by atoms with E-state index in [1.807, 2.05) is 24.3 Å². The summed E-state index contributed by atoms with van der Waals surface area (Å²) in [4.78, 5) is 8.87. The lowest BCUT2D eigenvalue weighted by atomic mass is 10.2. The van der Waals surface area contributed by atoms with Crippen LogP contribution in [0, 0.1) is 0 Å². The minimum absolute atomic E-state index is 0.659. The fraction of sp³-hybridized carbons (Fsp3) is 0.615. The maximum Gasteiger partial charge on any atom is 0.159 e. The first-order chi connectivity index (χ1) is 15.3. The first-order valence-electron chi connectivity index (χ1n) is 12.1. The van der Waals surface area contributed by atoms with E-state index in [1.165, 1.54) is 44.9 Å². The van der Waals surface area contributed by atoms with Crippen LogP contribution in [0.2, 0.25) is 0 Å². The molecule has 0 spiro atoms. The molecule has 1 aromatic heterocycles. The largest absolute Gasteiger partial charge is 0.494 e. The van der Waals surface area contributed by atoms with Gasteiger partial charge in [-0.15, -0.1) is 0 Å². The van der Waals surface area contributed by atoms with Crippen molar-refractivity contribution in [3.63, 3.8) is 0 Å². The molecule has 2 aromatic rings. The van der Waals surface area contributed by atoms with Crippen LogP contribution in [-0.2, 0) is 4.74 Å². The Bertz CT molecular complexity index is 674. The molecule has 5 heteroatoms. The molecule has 0 radical (unpaired) electrons. The number of unbranched alkanes of at least 4 members (excludes halogenated alkanes) is 7. The second-order valence-electron chi connectivity index (χ2n) is 7.90. The molecule has 0 N–H and O–H groups in total. The van der Waals surface area contributed by atoms with Gasteiger partial charge in [0.2, 0.25) is 0 Å². The lowest BCUT2D eigenvalue weighted by Gasteiger charge is -2.08. The van der Waals surface area contributed by atoms with E-state index in [1.54, 1.807) is 12.4 Å². The van der Waals surface area contributed by atoms with Crippen LogP contribution >= 0.6 is 0 Å². The fourth-order valence-corrected chi connectivity index (χ4v) is 3.19. The Kier molecular flexibility index (Phi) is 13.4. The first-order valence-corrected chi connectivity index (χ1v) is 12.1. The van der Waals surface area contributed by atoms with Gasteiger partial charge in [-0.05, 0) is 49.9 Å². The van der Waals surface area contributed by atoms with E-state index in [-0.39, 0.29) is 0 Å². The average Bonchev–Trinajstić information content (AvgIpc) is 2.81. The van der Waals surface area contributed by atoms with Crippen molar-refractivity contribution >= 4 is 0 Å². The third kappa shape index (κ3) is 11.2. The van der Waals surface area contributed by atoms with Crippen molar-refractivity contribution in [2.24, 2.45) is 0 Å². The summed E-state index contributed by atoms with van der Waals surface area (Å²) in [6.45, 7) is 7.56. The van der Waals surface area contributed by atoms with Gasteiger partial charge < -0.3 is 14.2 Å². The van der Waals surface area contributed by atoms with Crippen LogP contribution in [0.1, 0.15) is 78.1 Å². The molecule has 5 nitrogen and oxygen atoms in total. The Hall–Kier alpha value is -2.14. The smallest absolute Gasteiger partial charge is 0.159 e. The molecule has 1 heterocycles. The molecular weight excluding hydrogens is 388 g/mol. The SMILES string of the molecule is CCCCCCOCCCCOc1cnc(-c2ccc(OCCCCCC)cc2)nc1. The summed E-state index contributed by atoms with van der Waals surface area (Å²) in [6, 6.07) is 7.96. The molecule has 0 saturated heterocycles. The van der Waals surface area contributed by atoms with Gasteiger partial charge in [0.15, 0.2) is 11.6 Å². The molecule has 0 amide bonds. The molecule has 31 heavy (non-hydrogen) atoms. The van der Waals surface area contributed by atoms with E-state index in [0.29, 0.717) is 18.2 Å². The van der Waals surface area contributed by atoms with Crippen molar-refractivity contribution in [1.82, 2.24) is 9.97 Å². The van der Waals surface area contributed by atoms with E-state index < -0.39 is 0 Å². The maximum atomic E-state index is 5.79. The highest BCUT2D eigenvalue weighted by Gasteiger charge is 2.03. The Labute approximate surface area is 188 Å². The number of nitrogens with zero attached hydrogens (tertiary/aromatic N) is 2. The van der Waals surface area contributed by atoms with Gasteiger partial charge >= 0.3 is 0 Å². The minimum atomic E-state index is 0.659. The van der Waals surface area contributed by atoms with E-state index >= 15 is 0 Å². The van der Waals surface area contributed by atoms with E-state index in [4.69, 9.17) is 14.2 Å². The number of rotatable bonds is 18. The summed E-state index contributed by atoms with van der Waals surface area (Å²) >= 11 is 0. The molecule has 2 rings (SSSR count). The van der Waals surface area contributed by atoms with Gasteiger partial charge in [0.05, 0.1) is 25.6 Å². The minimum Gasteiger partial charge on any atom is -0.494 e. The van der Waals surface area contributed by atoms with Gasteiger partial charge in [0.1, 0.15) is 5.75 Å². The average molecular weight is 429 g/mol. The van der Waals surface area contributed by atoms with Gasteiger partial charge in [-0.1, -0.05) is 52.4 Å². The first kappa shape index (κ1) is 25.1. The van der Waals surface area contributed by atoms with Crippen molar-refractivity contribution in [2.45, 2.75) is 78.1 Å². The molecule has 0 aliphatic carbocycles. The Morgan fingerprint density at radius 3 is 1.71 bits per heavy atom. The van der Waals surface area contributed by atoms with Crippen LogP contribution in [0.25, 0.3) is 11.4 Å². The van der Waals surface area contributed by atoms with Crippen molar-refractivity contribution in [3.05, 3.63) is 36.7 Å². The molecule has 1 aromatic carbocycles. The second kappa shape index (κ2) is 16.5. The van der Waals surface area contributed by atoms with Gasteiger partial charge in [-0.2, -0.15) is 0 Å². The summed E-state index contributed by atoms with van der Waals surface area (Å²) in [5.74, 6) is 2.29. The van der Waals surface area contributed by atoms with Crippen molar-refractivity contribution in [1.29, 1.82) is 0 Å². The monoisotopic (exact) mass is 428 g/mol. The molecule has 172 valence electrons. The van der Waals surface area contributed by atoms with Crippen molar-refractivity contribution in [3.8, 4) is 22.9 Å². The normalized spacial score (nSPS) is 10.9. The molecule has 0 aliphatic heterocycles. The quantitative estimate of drug-likeness (QED) is 0.243. The topological polar surface area (TPSA) is 53.5 Å². The van der Waals surface area contributed by atoms with Gasteiger partial charge in [-0.25, -0.2) is 9.97 Å². The number of ether oxygens (including phenoxy) is 3. The van der Waals surface area contributed by atoms with Crippen LogP contribution in [0.5, 0.6) is 11.5 Å². The maximum absolute atomic E-state index is 5.79. The molecule has 0 fully saturated rings. The third-order valence-corrected chi connectivity index (χ3v) is 5.10. The predicted molar refractivity (Wildman–Crippen MR) is 127 cm³/mol. The highest BCUT2D eigenvalue weighted by Crippen LogP contribution is 2.20. The number of benzene rings is 1.